The second kappa shape index (κ2) is 7.32. The lowest BCUT2D eigenvalue weighted by molar-refractivity contribution is -0.128. The molecule has 1 saturated carbocycles. The largest absolute Gasteiger partial charge is 0.384 e. The maximum atomic E-state index is 12.8. The number of aromatic nitrogens is 2. The van der Waals surface area contributed by atoms with Gasteiger partial charge in [0.25, 0.3) is 0 Å². The van der Waals surface area contributed by atoms with Crippen LogP contribution in [0.3, 0.4) is 0 Å². The van der Waals surface area contributed by atoms with Crippen LogP contribution >= 0.6 is 0 Å². The molecule has 2 aliphatic carbocycles. The zero-order valence-corrected chi connectivity index (χ0v) is 15.2. The summed E-state index contributed by atoms with van der Waals surface area (Å²) in [6.07, 6.45) is 12.5. The minimum absolute atomic E-state index is 0.216. The number of methoxy groups -OCH3 is 1. The van der Waals surface area contributed by atoms with Crippen molar-refractivity contribution in [3.05, 3.63) is 29.1 Å². The van der Waals surface area contributed by atoms with E-state index in [-0.39, 0.29) is 11.8 Å². The van der Waals surface area contributed by atoms with E-state index in [1.54, 1.807) is 7.11 Å². The second-order valence-corrected chi connectivity index (χ2v) is 7.85. The molecule has 0 N–H and O–H groups in total. The van der Waals surface area contributed by atoms with Crippen LogP contribution in [0.1, 0.15) is 62.1 Å². The van der Waals surface area contributed by atoms with Gasteiger partial charge in [-0.1, -0.05) is 18.9 Å². The average molecular weight is 343 g/mol. The van der Waals surface area contributed by atoms with Crippen LogP contribution in [0.15, 0.2) is 17.8 Å². The van der Waals surface area contributed by atoms with E-state index in [0.29, 0.717) is 13.2 Å². The van der Waals surface area contributed by atoms with Crippen LogP contribution in [0, 0.1) is 5.92 Å². The van der Waals surface area contributed by atoms with Crippen molar-refractivity contribution in [2.24, 2.45) is 5.92 Å². The Labute approximate surface area is 150 Å². The molecule has 3 aliphatic rings. The number of carbonyl (C=O) groups is 1. The minimum Gasteiger partial charge on any atom is -0.384 e. The standard InChI is InChI=1S/C20H29N3O2/c1-25-14-18-13-22(20(24)16-8-4-5-9-16)12-17-10-21-23(19(17)18)11-15-6-2-3-7-15/h8,10,15,18H,2-7,9,11-14H2,1H3. The van der Waals surface area contributed by atoms with Crippen molar-refractivity contribution in [2.75, 3.05) is 20.3 Å². The average Bonchev–Trinajstić information content (AvgIpc) is 3.37. The summed E-state index contributed by atoms with van der Waals surface area (Å²) in [5.74, 6) is 1.20. The van der Waals surface area contributed by atoms with E-state index in [4.69, 9.17) is 9.84 Å². The lowest BCUT2D eigenvalue weighted by Gasteiger charge is -2.34. The van der Waals surface area contributed by atoms with E-state index in [2.05, 4.69) is 10.8 Å². The van der Waals surface area contributed by atoms with Crippen molar-refractivity contribution < 1.29 is 9.53 Å². The summed E-state index contributed by atoms with van der Waals surface area (Å²) in [7, 11) is 1.75. The van der Waals surface area contributed by atoms with Crippen LogP contribution in [-0.2, 0) is 22.6 Å². The number of hydrogen-bond acceptors (Lipinski definition) is 3. The number of fused-ring (bicyclic) bond motifs is 1. The Hall–Kier alpha value is -1.62. The van der Waals surface area contributed by atoms with Crippen molar-refractivity contribution in [1.82, 2.24) is 14.7 Å². The lowest BCUT2D eigenvalue weighted by atomic mass is 9.95. The molecule has 0 spiro atoms. The highest BCUT2D eigenvalue weighted by Gasteiger charge is 2.33. The zero-order valence-electron chi connectivity index (χ0n) is 15.2. The van der Waals surface area contributed by atoms with Crippen LogP contribution < -0.4 is 0 Å². The monoisotopic (exact) mass is 343 g/mol. The molecule has 1 unspecified atom stereocenters. The van der Waals surface area contributed by atoms with E-state index >= 15 is 0 Å². The van der Waals surface area contributed by atoms with Gasteiger partial charge in [0.15, 0.2) is 0 Å². The molecule has 0 radical (unpaired) electrons. The molecule has 4 rings (SSSR count). The predicted molar refractivity (Wildman–Crippen MR) is 96.2 cm³/mol. The molecule has 0 bridgehead atoms. The van der Waals surface area contributed by atoms with Gasteiger partial charge in [0, 0.05) is 43.8 Å². The van der Waals surface area contributed by atoms with E-state index in [9.17, 15) is 4.79 Å². The molecular formula is C20H29N3O2. The van der Waals surface area contributed by atoms with Crippen LogP contribution in [0.4, 0.5) is 0 Å². The first-order valence-corrected chi connectivity index (χ1v) is 9.78. The molecule has 25 heavy (non-hydrogen) atoms. The third-order valence-electron chi connectivity index (χ3n) is 6.03. The smallest absolute Gasteiger partial charge is 0.249 e. The SMILES string of the molecule is COCC1CN(C(=O)C2=CCCC2)Cc2cnn(CC3CCCC3)c21. The van der Waals surface area contributed by atoms with Gasteiger partial charge in [-0.3, -0.25) is 9.48 Å². The van der Waals surface area contributed by atoms with Crippen molar-refractivity contribution in [2.45, 2.75) is 64.0 Å². The summed E-state index contributed by atoms with van der Waals surface area (Å²) >= 11 is 0. The van der Waals surface area contributed by atoms with Gasteiger partial charge in [-0.2, -0.15) is 5.10 Å². The molecule has 2 heterocycles. The topological polar surface area (TPSA) is 47.4 Å². The molecule has 5 nitrogen and oxygen atoms in total. The highest BCUT2D eigenvalue weighted by atomic mass is 16.5. The van der Waals surface area contributed by atoms with Crippen molar-refractivity contribution >= 4 is 5.91 Å². The molecule has 5 heteroatoms. The Balaban J connectivity index is 1.55. The van der Waals surface area contributed by atoms with Crippen LogP contribution in [0.5, 0.6) is 0 Å². The molecule has 0 aromatic carbocycles. The van der Waals surface area contributed by atoms with Crippen LogP contribution in [0.25, 0.3) is 0 Å². The third-order valence-corrected chi connectivity index (χ3v) is 6.03. The fourth-order valence-electron chi connectivity index (χ4n) is 4.79. The molecule has 1 aromatic heterocycles. The van der Waals surface area contributed by atoms with Gasteiger partial charge in [-0.05, 0) is 38.0 Å². The number of nitrogens with zero attached hydrogens (tertiary/aromatic N) is 3. The molecule has 136 valence electrons. The Kier molecular flexibility index (Phi) is 4.93. The minimum atomic E-state index is 0.216. The maximum absolute atomic E-state index is 12.8. The Bertz CT molecular complexity index is 658. The first-order valence-electron chi connectivity index (χ1n) is 9.78. The highest BCUT2D eigenvalue weighted by molar-refractivity contribution is 5.94. The number of amides is 1. The van der Waals surface area contributed by atoms with Gasteiger partial charge in [0.2, 0.25) is 5.91 Å². The second-order valence-electron chi connectivity index (χ2n) is 7.85. The van der Waals surface area contributed by atoms with E-state index in [1.807, 2.05) is 11.1 Å². The number of allylic oxidation sites excluding steroid dienone is 1. The lowest BCUT2D eigenvalue weighted by Crippen LogP contribution is -2.40. The first kappa shape index (κ1) is 16.8. The van der Waals surface area contributed by atoms with E-state index in [0.717, 1.165) is 43.8 Å². The first-order chi connectivity index (χ1) is 12.3. The van der Waals surface area contributed by atoms with Gasteiger partial charge in [0.1, 0.15) is 0 Å². The van der Waals surface area contributed by atoms with Gasteiger partial charge in [0.05, 0.1) is 18.5 Å². The fraction of sp³-hybridized carbons (Fsp3) is 0.700. The maximum Gasteiger partial charge on any atom is 0.249 e. The van der Waals surface area contributed by atoms with Crippen molar-refractivity contribution in [1.29, 1.82) is 0 Å². The van der Waals surface area contributed by atoms with E-state index < -0.39 is 0 Å². The number of ether oxygens (including phenoxy) is 1. The number of carbonyl (C=O) groups excluding carboxylic acids is 1. The van der Waals surface area contributed by atoms with Crippen molar-refractivity contribution in [3.63, 3.8) is 0 Å². The van der Waals surface area contributed by atoms with Gasteiger partial charge >= 0.3 is 0 Å². The Morgan fingerprint density at radius 3 is 2.88 bits per heavy atom. The Morgan fingerprint density at radius 2 is 2.16 bits per heavy atom. The van der Waals surface area contributed by atoms with Gasteiger partial charge in [-0.15, -0.1) is 0 Å². The van der Waals surface area contributed by atoms with Gasteiger partial charge < -0.3 is 9.64 Å². The van der Waals surface area contributed by atoms with Crippen molar-refractivity contribution in [3.8, 4) is 0 Å². The third kappa shape index (κ3) is 3.39. The Morgan fingerprint density at radius 1 is 1.32 bits per heavy atom. The van der Waals surface area contributed by atoms with E-state index in [1.165, 1.54) is 36.9 Å². The molecule has 0 saturated heterocycles. The summed E-state index contributed by atoms with van der Waals surface area (Å²) in [5, 5.41) is 4.69. The number of hydrogen-bond donors (Lipinski definition) is 0. The fourth-order valence-corrected chi connectivity index (χ4v) is 4.79. The highest BCUT2D eigenvalue weighted by Crippen LogP contribution is 2.33. The molecule has 1 aliphatic heterocycles. The quantitative estimate of drug-likeness (QED) is 0.824. The molecule has 1 fully saturated rings. The normalized spacial score (nSPS) is 23.8. The van der Waals surface area contributed by atoms with Crippen LogP contribution in [-0.4, -0.2) is 40.8 Å². The summed E-state index contributed by atoms with van der Waals surface area (Å²) < 4.78 is 7.71. The molecule has 1 amide bonds. The summed E-state index contributed by atoms with van der Waals surface area (Å²) in [6, 6.07) is 0. The molecular weight excluding hydrogens is 314 g/mol. The number of rotatable bonds is 5. The summed E-state index contributed by atoms with van der Waals surface area (Å²) in [5.41, 5.74) is 3.51. The zero-order chi connectivity index (χ0) is 17.2. The summed E-state index contributed by atoms with van der Waals surface area (Å²) in [6.45, 7) is 3.10. The molecule has 1 aromatic rings. The predicted octanol–water partition coefficient (Wildman–Crippen LogP) is 3.26. The van der Waals surface area contributed by atoms with Gasteiger partial charge in [-0.25, -0.2) is 0 Å². The summed E-state index contributed by atoms with van der Waals surface area (Å²) in [4.78, 5) is 14.8. The van der Waals surface area contributed by atoms with Crippen LogP contribution in [0.2, 0.25) is 0 Å². The molecule has 1 atom stereocenters.